The molecule has 0 radical (unpaired) electrons. The predicted molar refractivity (Wildman–Crippen MR) is 77.3 cm³/mol. The minimum atomic E-state index is -1.44. The maximum atomic E-state index is 11.4. The SMILES string of the molecule is NC(=O)[C@@]1(O)CCCN(c2ccnc3ccccc23)C1. The third-order valence-electron chi connectivity index (χ3n) is 3.90. The van der Waals surface area contributed by atoms with Crippen LogP contribution in [0.5, 0.6) is 0 Å². The number of hydrogen-bond donors (Lipinski definition) is 2. The molecule has 3 rings (SSSR count). The predicted octanol–water partition coefficient (Wildman–Crippen LogP) is 1.05. The molecule has 0 saturated carbocycles. The van der Waals surface area contributed by atoms with Gasteiger partial charge in [-0.1, -0.05) is 18.2 Å². The Morgan fingerprint density at radius 1 is 1.35 bits per heavy atom. The number of anilines is 1. The van der Waals surface area contributed by atoms with E-state index in [2.05, 4.69) is 4.98 Å². The number of rotatable bonds is 2. The average Bonchev–Trinajstić information content (AvgIpc) is 2.46. The molecule has 3 N–H and O–H groups in total. The number of carbonyl (C=O) groups excluding carboxylic acids is 1. The maximum Gasteiger partial charge on any atom is 0.251 e. The molecule has 0 spiro atoms. The van der Waals surface area contributed by atoms with E-state index in [1.54, 1.807) is 6.20 Å². The zero-order valence-electron chi connectivity index (χ0n) is 11.1. The summed E-state index contributed by atoms with van der Waals surface area (Å²) in [7, 11) is 0. The highest BCUT2D eigenvalue weighted by Crippen LogP contribution is 2.30. The fraction of sp³-hybridized carbons (Fsp3) is 0.333. The van der Waals surface area contributed by atoms with E-state index in [9.17, 15) is 9.90 Å². The Morgan fingerprint density at radius 3 is 2.95 bits per heavy atom. The molecule has 1 fully saturated rings. The van der Waals surface area contributed by atoms with Crippen LogP contribution in [0.2, 0.25) is 0 Å². The van der Waals surface area contributed by atoms with Gasteiger partial charge in [0.2, 0.25) is 0 Å². The van der Waals surface area contributed by atoms with Crippen molar-refractivity contribution in [1.82, 2.24) is 4.98 Å². The Kier molecular flexibility index (Phi) is 3.06. The monoisotopic (exact) mass is 271 g/mol. The lowest BCUT2D eigenvalue weighted by atomic mass is 9.91. The number of primary amides is 1. The molecule has 5 nitrogen and oxygen atoms in total. The first-order chi connectivity index (χ1) is 9.60. The van der Waals surface area contributed by atoms with Crippen molar-refractivity contribution in [3.05, 3.63) is 36.5 Å². The van der Waals surface area contributed by atoms with Crippen LogP contribution in [0.1, 0.15) is 12.8 Å². The van der Waals surface area contributed by atoms with Crippen LogP contribution in [0.15, 0.2) is 36.5 Å². The molecule has 1 aliphatic rings. The van der Waals surface area contributed by atoms with Crippen LogP contribution in [0.3, 0.4) is 0 Å². The van der Waals surface area contributed by atoms with Crippen molar-refractivity contribution in [3.8, 4) is 0 Å². The van der Waals surface area contributed by atoms with Gasteiger partial charge < -0.3 is 15.7 Å². The first-order valence-electron chi connectivity index (χ1n) is 6.71. The number of nitrogens with zero attached hydrogens (tertiary/aromatic N) is 2. The largest absolute Gasteiger partial charge is 0.378 e. The topological polar surface area (TPSA) is 79.5 Å². The summed E-state index contributed by atoms with van der Waals surface area (Å²) < 4.78 is 0. The summed E-state index contributed by atoms with van der Waals surface area (Å²) in [5.41, 5.74) is 5.77. The normalized spacial score (nSPS) is 22.9. The van der Waals surface area contributed by atoms with Crippen LogP contribution in [0.25, 0.3) is 10.9 Å². The Balaban J connectivity index is 2.01. The highest BCUT2D eigenvalue weighted by Gasteiger charge is 2.39. The number of pyridine rings is 1. The molecular weight excluding hydrogens is 254 g/mol. The van der Waals surface area contributed by atoms with Crippen molar-refractivity contribution >= 4 is 22.5 Å². The summed E-state index contributed by atoms with van der Waals surface area (Å²) in [4.78, 5) is 17.8. The number of aromatic nitrogens is 1. The van der Waals surface area contributed by atoms with Crippen LogP contribution >= 0.6 is 0 Å². The molecule has 0 unspecified atom stereocenters. The van der Waals surface area contributed by atoms with E-state index in [4.69, 9.17) is 5.73 Å². The van der Waals surface area contributed by atoms with E-state index >= 15 is 0 Å². The molecule has 1 amide bonds. The van der Waals surface area contributed by atoms with E-state index in [-0.39, 0.29) is 6.54 Å². The second-order valence-electron chi connectivity index (χ2n) is 5.27. The second-order valence-corrected chi connectivity index (χ2v) is 5.27. The third-order valence-corrected chi connectivity index (χ3v) is 3.90. The van der Waals surface area contributed by atoms with E-state index < -0.39 is 11.5 Å². The van der Waals surface area contributed by atoms with Gasteiger partial charge in [0.15, 0.2) is 5.60 Å². The Hall–Kier alpha value is -2.14. The van der Waals surface area contributed by atoms with Crippen LogP contribution < -0.4 is 10.6 Å². The van der Waals surface area contributed by atoms with Gasteiger partial charge in [0.25, 0.3) is 5.91 Å². The molecule has 5 heteroatoms. The number of piperidine rings is 1. The zero-order chi connectivity index (χ0) is 14.2. The van der Waals surface area contributed by atoms with Gasteiger partial charge in [0.05, 0.1) is 12.1 Å². The zero-order valence-corrected chi connectivity index (χ0v) is 11.1. The van der Waals surface area contributed by atoms with Gasteiger partial charge in [-0.15, -0.1) is 0 Å². The summed E-state index contributed by atoms with van der Waals surface area (Å²) in [5, 5.41) is 11.3. The van der Waals surface area contributed by atoms with Crippen molar-refractivity contribution in [2.75, 3.05) is 18.0 Å². The van der Waals surface area contributed by atoms with Crippen LogP contribution in [-0.2, 0) is 4.79 Å². The third kappa shape index (κ3) is 2.10. The van der Waals surface area contributed by atoms with Gasteiger partial charge in [-0.05, 0) is 25.0 Å². The van der Waals surface area contributed by atoms with E-state index in [0.717, 1.165) is 29.6 Å². The quantitative estimate of drug-likeness (QED) is 0.855. The first kappa shape index (κ1) is 12.9. The minimum absolute atomic E-state index is 0.232. The molecule has 1 aromatic heterocycles. The number of nitrogens with two attached hydrogens (primary N) is 1. The number of benzene rings is 1. The van der Waals surface area contributed by atoms with Gasteiger partial charge in [-0.25, -0.2) is 0 Å². The Bertz CT molecular complexity index is 653. The lowest BCUT2D eigenvalue weighted by Crippen LogP contribution is -2.56. The van der Waals surface area contributed by atoms with E-state index in [0.29, 0.717) is 6.42 Å². The first-order valence-corrected chi connectivity index (χ1v) is 6.71. The number of para-hydroxylation sites is 1. The van der Waals surface area contributed by atoms with Crippen molar-refractivity contribution in [1.29, 1.82) is 0 Å². The number of β-amino-alcohol motifs (C(OH)–C–C–N with tert-alkyl or cyclic N) is 1. The second kappa shape index (κ2) is 4.76. The number of carbonyl (C=O) groups is 1. The summed E-state index contributed by atoms with van der Waals surface area (Å²) in [6, 6.07) is 9.75. The summed E-state index contributed by atoms with van der Waals surface area (Å²) >= 11 is 0. The van der Waals surface area contributed by atoms with Gasteiger partial charge in [-0.2, -0.15) is 0 Å². The standard InChI is InChI=1S/C15H17N3O2/c16-14(19)15(20)7-3-9-18(10-15)13-6-8-17-12-5-2-1-4-11(12)13/h1-2,4-6,8,20H,3,7,9-10H2,(H2,16,19)/t15-/m1/s1. The van der Waals surface area contributed by atoms with Crippen LogP contribution in [0.4, 0.5) is 5.69 Å². The van der Waals surface area contributed by atoms with Crippen LogP contribution in [0, 0.1) is 0 Å². The molecule has 1 saturated heterocycles. The fourth-order valence-electron chi connectivity index (χ4n) is 2.80. The van der Waals surface area contributed by atoms with Crippen molar-refractivity contribution in [2.45, 2.75) is 18.4 Å². The molecular formula is C15H17N3O2. The highest BCUT2D eigenvalue weighted by molar-refractivity contribution is 5.92. The molecule has 0 bridgehead atoms. The lowest BCUT2D eigenvalue weighted by molar-refractivity contribution is -0.137. The van der Waals surface area contributed by atoms with Gasteiger partial charge in [0.1, 0.15) is 0 Å². The lowest BCUT2D eigenvalue weighted by Gasteiger charge is -2.38. The maximum absolute atomic E-state index is 11.4. The summed E-state index contributed by atoms with van der Waals surface area (Å²) in [6.45, 7) is 1.03. The molecule has 1 aliphatic heterocycles. The molecule has 2 aromatic rings. The smallest absolute Gasteiger partial charge is 0.251 e. The van der Waals surface area contributed by atoms with Crippen molar-refractivity contribution in [2.24, 2.45) is 5.73 Å². The van der Waals surface area contributed by atoms with Crippen molar-refractivity contribution < 1.29 is 9.90 Å². The minimum Gasteiger partial charge on any atom is -0.378 e. The van der Waals surface area contributed by atoms with Gasteiger partial charge in [0, 0.05) is 23.8 Å². The molecule has 0 aliphatic carbocycles. The fourth-order valence-corrected chi connectivity index (χ4v) is 2.80. The molecule has 1 aromatic carbocycles. The average molecular weight is 271 g/mol. The van der Waals surface area contributed by atoms with Gasteiger partial charge in [-0.3, -0.25) is 9.78 Å². The number of aliphatic hydroxyl groups is 1. The molecule has 20 heavy (non-hydrogen) atoms. The van der Waals surface area contributed by atoms with E-state index in [1.807, 2.05) is 35.2 Å². The summed E-state index contributed by atoms with van der Waals surface area (Å²) in [6.07, 6.45) is 2.90. The highest BCUT2D eigenvalue weighted by atomic mass is 16.3. The summed E-state index contributed by atoms with van der Waals surface area (Å²) in [5.74, 6) is -0.652. The van der Waals surface area contributed by atoms with Gasteiger partial charge >= 0.3 is 0 Å². The molecule has 1 atom stereocenters. The van der Waals surface area contributed by atoms with E-state index in [1.165, 1.54) is 0 Å². The number of amides is 1. The molecule has 2 heterocycles. The van der Waals surface area contributed by atoms with Crippen molar-refractivity contribution in [3.63, 3.8) is 0 Å². The number of hydrogen-bond acceptors (Lipinski definition) is 4. The number of fused-ring (bicyclic) bond motifs is 1. The Morgan fingerprint density at radius 2 is 2.15 bits per heavy atom. The molecule has 104 valence electrons. The Labute approximate surface area is 117 Å². The van der Waals surface area contributed by atoms with Crippen LogP contribution in [-0.4, -0.2) is 34.7 Å².